The molecule has 5 aromatic rings. The summed E-state index contributed by atoms with van der Waals surface area (Å²) in [6.07, 6.45) is 4.79. The van der Waals surface area contributed by atoms with Crippen LogP contribution in [-0.4, -0.2) is 39.5 Å². The summed E-state index contributed by atoms with van der Waals surface area (Å²) < 4.78 is 5.50. The van der Waals surface area contributed by atoms with Crippen LogP contribution < -0.4 is 20.7 Å². The quantitative estimate of drug-likeness (QED) is 0.0971. The summed E-state index contributed by atoms with van der Waals surface area (Å²) in [5.41, 5.74) is 3.40. The Morgan fingerprint density at radius 2 is 1.70 bits per heavy atom. The third-order valence-electron chi connectivity index (χ3n) is 6.51. The predicted octanol–water partition coefficient (Wildman–Crippen LogP) is 7.13. The summed E-state index contributed by atoms with van der Waals surface area (Å²) in [4.78, 5) is 48.5. The molecule has 1 unspecified atom stereocenters. The molecule has 0 bridgehead atoms. The van der Waals surface area contributed by atoms with Crippen molar-refractivity contribution in [1.82, 2.24) is 15.3 Å². The SMILES string of the molecule is CCOc1ccc(-c2csc(NC(=O)C(C)Sc3ccc(NC(=O)/C(=C/c4cccnc4)NC(=O)c4ccccc4)cc3)n2)cc1. The van der Waals surface area contributed by atoms with Crippen LogP contribution in [0.3, 0.4) is 0 Å². The third-order valence-corrected chi connectivity index (χ3v) is 8.38. The van der Waals surface area contributed by atoms with Gasteiger partial charge in [0.15, 0.2) is 5.13 Å². The fourth-order valence-electron chi connectivity index (χ4n) is 4.20. The van der Waals surface area contributed by atoms with Crippen molar-refractivity contribution in [2.75, 3.05) is 17.2 Å². The first-order valence-electron chi connectivity index (χ1n) is 14.4. The van der Waals surface area contributed by atoms with Crippen LogP contribution >= 0.6 is 23.1 Å². The van der Waals surface area contributed by atoms with E-state index in [0.29, 0.717) is 28.6 Å². The van der Waals surface area contributed by atoms with Crippen LogP contribution in [0.2, 0.25) is 0 Å². The van der Waals surface area contributed by atoms with Gasteiger partial charge in [-0.15, -0.1) is 23.1 Å². The van der Waals surface area contributed by atoms with Crippen molar-refractivity contribution in [3.05, 3.63) is 126 Å². The van der Waals surface area contributed by atoms with E-state index in [1.807, 2.05) is 61.7 Å². The first-order chi connectivity index (χ1) is 22.4. The second-order valence-corrected chi connectivity index (χ2v) is 12.2. The molecule has 2 heterocycles. The standard InChI is InChI=1S/C35H31N5O4S2/c1-3-44-28-15-11-25(12-16-28)31-22-45-35(39-31)40-32(41)23(2)46-29-17-13-27(14-18-29)37-34(43)30(20-24-8-7-19-36-21-24)38-33(42)26-9-5-4-6-10-26/h4-23H,3H2,1-2H3,(H,37,43)(H,38,42)(H,39,40,41)/b30-20-. The lowest BCUT2D eigenvalue weighted by Crippen LogP contribution is -2.30. The maximum atomic E-state index is 13.3. The number of hydrogen-bond donors (Lipinski definition) is 3. The largest absolute Gasteiger partial charge is 0.494 e. The minimum Gasteiger partial charge on any atom is -0.494 e. The highest BCUT2D eigenvalue weighted by atomic mass is 32.2. The number of thiazole rings is 1. The molecule has 0 aliphatic carbocycles. The number of hydrogen-bond acceptors (Lipinski definition) is 8. The van der Waals surface area contributed by atoms with Crippen LogP contribution in [0.4, 0.5) is 10.8 Å². The number of carbonyl (C=O) groups is 3. The van der Waals surface area contributed by atoms with Gasteiger partial charge in [0.25, 0.3) is 11.8 Å². The van der Waals surface area contributed by atoms with Crippen molar-refractivity contribution in [1.29, 1.82) is 0 Å². The molecule has 0 spiro atoms. The van der Waals surface area contributed by atoms with Crippen molar-refractivity contribution in [3.8, 4) is 17.0 Å². The van der Waals surface area contributed by atoms with Gasteiger partial charge in [0, 0.05) is 39.5 Å². The van der Waals surface area contributed by atoms with E-state index in [4.69, 9.17) is 4.74 Å². The number of aromatic nitrogens is 2. The van der Waals surface area contributed by atoms with Crippen molar-refractivity contribution in [2.24, 2.45) is 0 Å². The maximum Gasteiger partial charge on any atom is 0.272 e. The average Bonchev–Trinajstić information content (AvgIpc) is 3.55. The molecule has 2 aromatic heterocycles. The number of pyridine rings is 1. The van der Waals surface area contributed by atoms with Gasteiger partial charge in [0.05, 0.1) is 17.6 Å². The lowest BCUT2D eigenvalue weighted by Gasteiger charge is -2.13. The van der Waals surface area contributed by atoms with E-state index in [9.17, 15) is 14.4 Å². The zero-order valence-electron chi connectivity index (χ0n) is 25.1. The number of ether oxygens (including phenoxy) is 1. The molecule has 0 saturated heterocycles. The molecule has 46 heavy (non-hydrogen) atoms. The maximum absolute atomic E-state index is 13.3. The lowest BCUT2D eigenvalue weighted by atomic mass is 10.2. The van der Waals surface area contributed by atoms with E-state index in [2.05, 4.69) is 25.9 Å². The van der Waals surface area contributed by atoms with Gasteiger partial charge in [-0.1, -0.05) is 24.3 Å². The Labute approximate surface area is 275 Å². The minimum absolute atomic E-state index is 0.0680. The molecule has 0 radical (unpaired) electrons. The molecule has 11 heteroatoms. The molecule has 0 saturated carbocycles. The smallest absolute Gasteiger partial charge is 0.272 e. The predicted molar refractivity (Wildman–Crippen MR) is 184 cm³/mol. The van der Waals surface area contributed by atoms with E-state index in [1.165, 1.54) is 23.1 Å². The Morgan fingerprint density at radius 1 is 0.935 bits per heavy atom. The van der Waals surface area contributed by atoms with Crippen LogP contribution in [0.15, 0.2) is 119 Å². The van der Waals surface area contributed by atoms with Crippen LogP contribution in [-0.2, 0) is 9.59 Å². The number of carbonyl (C=O) groups excluding carboxylic acids is 3. The van der Waals surface area contributed by atoms with Crippen molar-refractivity contribution >= 4 is 57.7 Å². The van der Waals surface area contributed by atoms with Crippen LogP contribution in [0.25, 0.3) is 17.3 Å². The Balaban J connectivity index is 1.18. The first kappa shape index (κ1) is 32.1. The fraction of sp³-hybridized carbons (Fsp3) is 0.114. The van der Waals surface area contributed by atoms with Gasteiger partial charge in [0.2, 0.25) is 5.91 Å². The average molecular weight is 650 g/mol. The molecule has 1 atom stereocenters. The van der Waals surface area contributed by atoms with Crippen molar-refractivity contribution < 1.29 is 19.1 Å². The normalized spacial score (nSPS) is 11.7. The van der Waals surface area contributed by atoms with Gasteiger partial charge in [-0.25, -0.2) is 4.98 Å². The highest BCUT2D eigenvalue weighted by Gasteiger charge is 2.18. The van der Waals surface area contributed by atoms with E-state index in [1.54, 1.807) is 67.0 Å². The number of thioether (sulfide) groups is 1. The number of anilines is 2. The number of nitrogens with zero attached hydrogens (tertiary/aromatic N) is 2. The highest BCUT2D eigenvalue weighted by molar-refractivity contribution is 8.00. The molecule has 5 rings (SSSR count). The molecule has 3 aromatic carbocycles. The molecule has 0 aliphatic rings. The third kappa shape index (κ3) is 8.90. The van der Waals surface area contributed by atoms with Gasteiger partial charge < -0.3 is 20.7 Å². The first-order valence-corrected chi connectivity index (χ1v) is 16.2. The summed E-state index contributed by atoms with van der Waals surface area (Å²) in [7, 11) is 0. The zero-order chi connectivity index (χ0) is 32.3. The summed E-state index contributed by atoms with van der Waals surface area (Å²) in [6, 6.07) is 27.0. The molecule has 232 valence electrons. The summed E-state index contributed by atoms with van der Waals surface area (Å²) in [6.45, 7) is 4.36. The molecule has 9 nitrogen and oxygen atoms in total. The lowest BCUT2D eigenvalue weighted by molar-refractivity contribution is -0.115. The van der Waals surface area contributed by atoms with E-state index < -0.39 is 17.1 Å². The monoisotopic (exact) mass is 649 g/mol. The second kappa shape index (κ2) is 15.6. The summed E-state index contributed by atoms with van der Waals surface area (Å²) in [5.74, 6) is -0.273. The van der Waals surface area contributed by atoms with E-state index in [0.717, 1.165) is 21.9 Å². The van der Waals surface area contributed by atoms with Crippen LogP contribution in [0.5, 0.6) is 5.75 Å². The molecular formula is C35H31N5O4S2. The zero-order valence-corrected chi connectivity index (χ0v) is 26.7. The van der Waals surface area contributed by atoms with Crippen LogP contribution in [0, 0.1) is 0 Å². The van der Waals surface area contributed by atoms with Gasteiger partial charge in [-0.05, 0) is 92.2 Å². The Bertz CT molecular complexity index is 1810. The fourth-order valence-corrected chi connectivity index (χ4v) is 5.79. The molecule has 3 N–H and O–H groups in total. The van der Waals surface area contributed by atoms with E-state index >= 15 is 0 Å². The Hall–Kier alpha value is -5.26. The summed E-state index contributed by atoms with van der Waals surface area (Å²) >= 11 is 2.75. The van der Waals surface area contributed by atoms with Gasteiger partial charge >= 0.3 is 0 Å². The molecule has 0 fully saturated rings. The highest BCUT2D eigenvalue weighted by Crippen LogP contribution is 2.29. The molecule has 0 aliphatic heterocycles. The van der Waals surface area contributed by atoms with Crippen molar-refractivity contribution in [2.45, 2.75) is 24.0 Å². The second-order valence-electron chi connectivity index (χ2n) is 9.89. The Kier molecular flexibility index (Phi) is 10.9. The summed E-state index contributed by atoms with van der Waals surface area (Å²) in [5, 5.41) is 10.5. The van der Waals surface area contributed by atoms with Gasteiger partial charge in [0.1, 0.15) is 11.4 Å². The Morgan fingerprint density at radius 3 is 2.39 bits per heavy atom. The van der Waals surface area contributed by atoms with Gasteiger partial charge in [-0.2, -0.15) is 0 Å². The minimum atomic E-state index is -0.491. The number of rotatable bonds is 12. The van der Waals surface area contributed by atoms with Crippen LogP contribution in [0.1, 0.15) is 29.8 Å². The number of amides is 3. The molecule has 3 amide bonds. The van der Waals surface area contributed by atoms with Gasteiger partial charge in [-0.3, -0.25) is 19.4 Å². The van der Waals surface area contributed by atoms with E-state index in [-0.39, 0.29) is 11.6 Å². The van der Waals surface area contributed by atoms with Crippen molar-refractivity contribution in [3.63, 3.8) is 0 Å². The number of benzene rings is 3. The molecular weight excluding hydrogens is 619 g/mol. The number of nitrogens with one attached hydrogen (secondary N) is 3. The topological polar surface area (TPSA) is 122 Å².